The van der Waals surface area contributed by atoms with E-state index < -0.39 is 0 Å². The number of H-pyrrole nitrogens is 1. The number of hydrogen-bond acceptors (Lipinski definition) is 4. The minimum atomic E-state index is 0.143. The molecule has 76 valence electrons. The first-order valence-electron chi connectivity index (χ1n) is 4.53. The second-order valence-electron chi connectivity index (χ2n) is 3.30. The van der Waals surface area contributed by atoms with Crippen LogP contribution >= 0.6 is 12.2 Å². The number of rotatable bonds is 4. The van der Waals surface area contributed by atoms with Crippen molar-refractivity contribution < 1.29 is 4.79 Å². The average Bonchev–Trinajstić information content (AvgIpc) is 2.93. The van der Waals surface area contributed by atoms with Crippen LogP contribution in [0.3, 0.4) is 0 Å². The Morgan fingerprint density at radius 2 is 2.50 bits per heavy atom. The molecule has 0 saturated heterocycles. The standard InChI is InChI=1S/C7H11N5OS/c13-6(5-1-2-5)8-3-4-12-7(14)9-10-11-12/h5H,1-4H2,(H,8,13)(H,9,11,14). The molecule has 1 aromatic rings. The van der Waals surface area contributed by atoms with Gasteiger partial charge in [0.1, 0.15) is 0 Å². The third kappa shape index (κ3) is 2.16. The van der Waals surface area contributed by atoms with Crippen molar-refractivity contribution in [2.45, 2.75) is 19.4 Å². The summed E-state index contributed by atoms with van der Waals surface area (Å²) in [6, 6.07) is 0. The van der Waals surface area contributed by atoms with Crippen LogP contribution in [0.25, 0.3) is 0 Å². The molecule has 0 radical (unpaired) electrons. The summed E-state index contributed by atoms with van der Waals surface area (Å²) in [6.45, 7) is 1.15. The molecule has 1 heterocycles. The zero-order valence-corrected chi connectivity index (χ0v) is 8.38. The van der Waals surface area contributed by atoms with E-state index in [1.54, 1.807) is 4.68 Å². The van der Waals surface area contributed by atoms with Gasteiger partial charge in [0.25, 0.3) is 0 Å². The lowest BCUT2D eigenvalue weighted by Crippen LogP contribution is -2.28. The molecule has 0 atom stereocenters. The largest absolute Gasteiger partial charge is 0.354 e. The number of amides is 1. The SMILES string of the molecule is O=C(NCCn1[nH]nnc1=S)C1CC1. The van der Waals surface area contributed by atoms with Crippen LogP contribution in [0.15, 0.2) is 0 Å². The molecule has 2 rings (SSSR count). The predicted molar refractivity (Wildman–Crippen MR) is 50.9 cm³/mol. The smallest absolute Gasteiger partial charge is 0.238 e. The van der Waals surface area contributed by atoms with Crippen molar-refractivity contribution in [3.63, 3.8) is 0 Å². The third-order valence-electron chi connectivity index (χ3n) is 2.11. The highest BCUT2D eigenvalue weighted by atomic mass is 32.1. The van der Waals surface area contributed by atoms with E-state index in [2.05, 4.69) is 20.8 Å². The lowest BCUT2D eigenvalue weighted by atomic mass is 10.4. The van der Waals surface area contributed by atoms with E-state index in [1.807, 2.05) is 0 Å². The van der Waals surface area contributed by atoms with Crippen LogP contribution < -0.4 is 5.32 Å². The number of aromatic nitrogens is 4. The van der Waals surface area contributed by atoms with E-state index in [9.17, 15) is 4.79 Å². The Labute approximate surface area is 85.7 Å². The van der Waals surface area contributed by atoms with Gasteiger partial charge in [0.2, 0.25) is 10.7 Å². The van der Waals surface area contributed by atoms with E-state index in [4.69, 9.17) is 12.2 Å². The number of carbonyl (C=O) groups excluding carboxylic acids is 1. The zero-order valence-electron chi connectivity index (χ0n) is 7.56. The zero-order chi connectivity index (χ0) is 9.97. The number of nitrogens with one attached hydrogen (secondary N) is 2. The van der Waals surface area contributed by atoms with E-state index in [1.165, 1.54) is 0 Å². The molecule has 6 nitrogen and oxygen atoms in total. The van der Waals surface area contributed by atoms with Gasteiger partial charge in [0, 0.05) is 12.5 Å². The second-order valence-corrected chi connectivity index (χ2v) is 3.66. The van der Waals surface area contributed by atoms with Crippen molar-refractivity contribution in [3.05, 3.63) is 4.77 Å². The summed E-state index contributed by atoms with van der Waals surface area (Å²) in [5.41, 5.74) is 0. The summed E-state index contributed by atoms with van der Waals surface area (Å²) in [4.78, 5) is 11.2. The molecule has 1 fully saturated rings. The second kappa shape index (κ2) is 3.87. The lowest BCUT2D eigenvalue weighted by Gasteiger charge is -2.03. The highest BCUT2D eigenvalue weighted by Gasteiger charge is 2.28. The van der Waals surface area contributed by atoms with Crippen molar-refractivity contribution in [3.8, 4) is 0 Å². The van der Waals surface area contributed by atoms with E-state index in [0.717, 1.165) is 12.8 Å². The van der Waals surface area contributed by atoms with Crippen LogP contribution in [0, 0.1) is 10.7 Å². The molecular formula is C7H11N5OS. The van der Waals surface area contributed by atoms with Crippen LogP contribution in [-0.2, 0) is 11.3 Å². The highest BCUT2D eigenvalue weighted by Crippen LogP contribution is 2.28. The molecular weight excluding hydrogens is 202 g/mol. The first-order chi connectivity index (χ1) is 6.77. The fraction of sp³-hybridized carbons (Fsp3) is 0.714. The first kappa shape index (κ1) is 9.32. The van der Waals surface area contributed by atoms with Crippen LogP contribution in [0.2, 0.25) is 0 Å². The molecule has 1 aromatic heterocycles. The van der Waals surface area contributed by atoms with Crippen molar-refractivity contribution >= 4 is 18.1 Å². The van der Waals surface area contributed by atoms with Crippen molar-refractivity contribution in [1.29, 1.82) is 0 Å². The Bertz CT molecular complexity index is 379. The minimum Gasteiger partial charge on any atom is -0.354 e. The summed E-state index contributed by atoms with van der Waals surface area (Å²) in [5.74, 6) is 0.395. The van der Waals surface area contributed by atoms with Gasteiger partial charge in [-0.05, 0) is 25.1 Å². The Morgan fingerprint density at radius 1 is 1.71 bits per heavy atom. The van der Waals surface area contributed by atoms with Crippen LogP contribution in [0.5, 0.6) is 0 Å². The molecule has 0 spiro atoms. The van der Waals surface area contributed by atoms with Gasteiger partial charge in [-0.3, -0.25) is 4.79 Å². The van der Waals surface area contributed by atoms with Crippen LogP contribution in [0.4, 0.5) is 0 Å². The van der Waals surface area contributed by atoms with Gasteiger partial charge in [-0.15, -0.1) is 0 Å². The summed E-state index contributed by atoms with van der Waals surface area (Å²) < 4.78 is 2.02. The number of tetrazole rings is 1. The predicted octanol–water partition coefficient (Wildman–Crippen LogP) is -0.138. The van der Waals surface area contributed by atoms with Gasteiger partial charge in [-0.2, -0.15) is 5.21 Å². The number of aromatic amines is 1. The van der Waals surface area contributed by atoms with Crippen molar-refractivity contribution in [2.75, 3.05) is 6.54 Å². The van der Waals surface area contributed by atoms with Crippen LogP contribution in [-0.4, -0.2) is 32.7 Å². The highest BCUT2D eigenvalue weighted by molar-refractivity contribution is 7.71. The van der Waals surface area contributed by atoms with Gasteiger partial charge in [0.05, 0.1) is 6.54 Å². The Morgan fingerprint density at radius 3 is 3.07 bits per heavy atom. The van der Waals surface area contributed by atoms with Gasteiger partial charge in [-0.25, -0.2) is 4.68 Å². The van der Waals surface area contributed by atoms with E-state index in [-0.39, 0.29) is 11.8 Å². The van der Waals surface area contributed by atoms with Crippen molar-refractivity contribution in [1.82, 2.24) is 25.5 Å². The topological polar surface area (TPSA) is 75.6 Å². The van der Waals surface area contributed by atoms with Crippen LogP contribution in [0.1, 0.15) is 12.8 Å². The molecule has 2 N–H and O–H groups in total. The number of carbonyl (C=O) groups is 1. The normalized spacial score (nSPS) is 15.4. The maximum atomic E-state index is 11.2. The van der Waals surface area contributed by atoms with Crippen molar-refractivity contribution in [2.24, 2.45) is 5.92 Å². The molecule has 1 saturated carbocycles. The van der Waals surface area contributed by atoms with E-state index in [0.29, 0.717) is 17.9 Å². The summed E-state index contributed by atoms with van der Waals surface area (Å²) >= 11 is 4.87. The Kier molecular flexibility index (Phi) is 2.58. The summed E-state index contributed by atoms with van der Waals surface area (Å²) in [7, 11) is 0. The molecule has 0 aliphatic heterocycles. The maximum absolute atomic E-state index is 11.2. The minimum absolute atomic E-state index is 0.143. The Hall–Kier alpha value is -1.24. The third-order valence-corrected chi connectivity index (χ3v) is 2.42. The Balaban J connectivity index is 1.75. The fourth-order valence-electron chi connectivity index (χ4n) is 1.14. The number of hydrogen-bond donors (Lipinski definition) is 2. The maximum Gasteiger partial charge on any atom is 0.238 e. The molecule has 0 bridgehead atoms. The number of nitrogens with zero attached hydrogens (tertiary/aromatic N) is 3. The van der Waals surface area contributed by atoms with E-state index >= 15 is 0 Å². The molecule has 1 amide bonds. The first-order valence-corrected chi connectivity index (χ1v) is 4.94. The van der Waals surface area contributed by atoms with Gasteiger partial charge in [0.15, 0.2) is 0 Å². The monoisotopic (exact) mass is 213 g/mol. The molecule has 7 heteroatoms. The fourth-order valence-corrected chi connectivity index (χ4v) is 1.32. The quantitative estimate of drug-likeness (QED) is 0.683. The molecule has 0 aromatic carbocycles. The summed E-state index contributed by atoms with van der Waals surface area (Å²) in [5, 5.41) is 12.6. The molecule has 0 unspecified atom stereocenters. The molecule has 14 heavy (non-hydrogen) atoms. The van der Waals surface area contributed by atoms with Gasteiger partial charge in [-0.1, -0.05) is 10.3 Å². The van der Waals surface area contributed by atoms with Gasteiger partial charge < -0.3 is 5.32 Å². The van der Waals surface area contributed by atoms with Gasteiger partial charge >= 0.3 is 0 Å². The lowest BCUT2D eigenvalue weighted by molar-refractivity contribution is -0.122. The molecule has 1 aliphatic carbocycles. The average molecular weight is 213 g/mol. The molecule has 1 aliphatic rings. The summed E-state index contributed by atoms with van der Waals surface area (Å²) in [6.07, 6.45) is 2.05.